The van der Waals surface area contributed by atoms with Crippen LogP contribution in [0.2, 0.25) is 5.02 Å². The average Bonchev–Trinajstić information content (AvgIpc) is 2.13. The zero-order valence-corrected chi connectivity index (χ0v) is 9.30. The SMILES string of the molecule is Cc1cc(C(C)CCN)cc(O)c1Cl. The molecular formula is C11H16ClNO. The molecule has 0 aliphatic carbocycles. The van der Waals surface area contributed by atoms with Crippen molar-refractivity contribution in [3.8, 4) is 5.75 Å². The third-order valence-electron chi connectivity index (χ3n) is 2.43. The van der Waals surface area contributed by atoms with Crippen LogP contribution in [0.1, 0.15) is 30.4 Å². The van der Waals surface area contributed by atoms with Gasteiger partial charge in [0.05, 0.1) is 5.02 Å². The van der Waals surface area contributed by atoms with Gasteiger partial charge in [0.2, 0.25) is 0 Å². The minimum Gasteiger partial charge on any atom is -0.506 e. The van der Waals surface area contributed by atoms with Crippen molar-refractivity contribution < 1.29 is 5.11 Å². The fraction of sp³-hybridized carbons (Fsp3) is 0.455. The topological polar surface area (TPSA) is 46.2 Å². The number of hydrogen-bond acceptors (Lipinski definition) is 2. The lowest BCUT2D eigenvalue weighted by Crippen LogP contribution is -2.04. The van der Waals surface area contributed by atoms with E-state index in [-0.39, 0.29) is 5.75 Å². The fourth-order valence-corrected chi connectivity index (χ4v) is 1.59. The third kappa shape index (κ3) is 2.40. The van der Waals surface area contributed by atoms with Gasteiger partial charge in [-0.3, -0.25) is 0 Å². The Bertz CT molecular complexity index is 302. The number of aromatic hydroxyl groups is 1. The predicted octanol–water partition coefficient (Wildman–Crippen LogP) is 2.81. The van der Waals surface area contributed by atoms with E-state index in [9.17, 15) is 5.11 Å². The number of nitrogens with two attached hydrogens (primary N) is 1. The highest BCUT2D eigenvalue weighted by molar-refractivity contribution is 6.32. The highest BCUT2D eigenvalue weighted by Crippen LogP contribution is 2.31. The van der Waals surface area contributed by atoms with E-state index in [1.165, 1.54) is 0 Å². The number of phenolic OH excluding ortho intramolecular Hbond substituents is 1. The number of halogens is 1. The Morgan fingerprint density at radius 1 is 1.50 bits per heavy atom. The number of aryl methyl sites for hydroxylation is 1. The second-order valence-corrected chi connectivity index (χ2v) is 4.03. The Hall–Kier alpha value is -0.730. The first-order valence-corrected chi connectivity index (χ1v) is 5.13. The largest absolute Gasteiger partial charge is 0.506 e. The average molecular weight is 214 g/mol. The first kappa shape index (κ1) is 11.3. The monoisotopic (exact) mass is 213 g/mol. The third-order valence-corrected chi connectivity index (χ3v) is 2.92. The Kier molecular flexibility index (Phi) is 3.78. The smallest absolute Gasteiger partial charge is 0.134 e. The van der Waals surface area contributed by atoms with Crippen LogP contribution in [0.3, 0.4) is 0 Å². The Morgan fingerprint density at radius 3 is 2.64 bits per heavy atom. The van der Waals surface area contributed by atoms with Gasteiger partial charge in [-0.25, -0.2) is 0 Å². The molecule has 14 heavy (non-hydrogen) atoms. The molecular weight excluding hydrogens is 198 g/mol. The minimum atomic E-state index is 0.158. The summed E-state index contributed by atoms with van der Waals surface area (Å²) in [6.07, 6.45) is 0.917. The van der Waals surface area contributed by atoms with E-state index in [1.54, 1.807) is 6.07 Å². The molecule has 3 heteroatoms. The Labute approximate surface area is 89.7 Å². The highest BCUT2D eigenvalue weighted by Gasteiger charge is 2.09. The molecule has 1 atom stereocenters. The van der Waals surface area contributed by atoms with Crippen molar-refractivity contribution in [3.63, 3.8) is 0 Å². The van der Waals surface area contributed by atoms with Gasteiger partial charge in [-0.05, 0) is 43.0 Å². The molecule has 0 aliphatic rings. The number of rotatable bonds is 3. The van der Waals surface area contributed by atoms with Gasteiger partial charge in [0.15, 0.2) is 0 Å². The standard InChI is InChI=1S/C11H16ClNO/c1-7(3-4-13)9-5-8(2)11(12)10(14)6-9/h5-7,14H,3-4,13H2,1-2H3. The summed E-state index contributed by atoms with van der Waals surface area (Å²) >= 11 is 5.86. The van der Waals surface area contributed by atoms with Crippen molar-refractivity contribution in [2.75, 3.05) is 6.54 Å². The molecule has 1 rings (SSSR count). The van der Waals surface area contributed by atoms with Crippen molar-refractivity contribution in [2.24, 2.45) is 5.73 Å². The molecule has 0 amide bonds. The molecule has 0 saturated carbocycles. The van der Waals surface area contributed by atoms with Gasteiger partial charge < -0.3 is 10.8 Å². The van der Waals surface area contributed by atoms with Gasteiger partial charge in [-0.2, -0.15) is 0 Å². The Morgan fingerprint density at radius 2 is 2.14 bits per heavy atom. The van der Waals surface area contributed by atoms with Crippen LogP contribution in [0.4, 0.5) is 0 Å². The normalized spacial score (nSPS) is 12.9. The second-order valence-electron chi connectivity index (χ2n) is 3.65. The van der Waals surface area contributed by atoms with Crippen LogP contribution in [0.25, 0.3) is 0 Å². The van der Waals surface area contributed by atoms with E-state index in [0.717, 1.165) is 17.5 Å². The van der Waals surface area contributed by atoms with Gasteiger partial charge >= 0.3 is 0 Å². The summed E-state index contributed by atoms with van der Waals surface area (Å²) in [4.78, 5) is 0. The van der Waals surface area contributed by atoms with E-state index in [1.807, 2.05) is 13.0 Å². The summed E-state index contributed by atoms with van der Waals surface area (Å²) < 4.78 is 0. The number of phenols is 1. The van der Waals surface area contributed by atoms with Crippen LogP contribution in [0.5, 0.6) is 5.75 Å². The first-order chi connectivity index (χ1) is 6.56. The van der Waals surface area contributed by atoms with Gasteiger partial charge in [-0.15, -0.1) is 0 Å². The fourth-order valence-electron chi connectivity index (χ4n) is 1.48. The molecule has 1 aromatic rings. The van der Waals surface area contributed by atoms with Crippen LogP contribution in [0, 0.1) is 6.92 Å². The molecule has 0 aliphatic heterocycles. The summed E-state index contributed by atoms with van der Waals surface area (Å²) in [6.45, 7) is 4.64. The van der Waals surface area contributed by atoms with E-state index in [4.69, 9.17) is 17.3 Å². The summed E-state index contributed by atoms with van der Waals surface area (Å²) in [7, 11) is 0. The lowest BCUT2D eigenvalue weighted by Gasteiger charge is -2.12. The molecule has 1 unspecified atom stereocenters. The predicted molar refractivity (Wildman–Crippen MR) is 59.9 cm³/mol. The van der Waals surface area contributed by atoms with Gasteiger partial charge in [0.25, 0.3) is 0 Å². The van der Waals surface area contributed by atoms with Gasteiger partial charge in [-0.1, -0.05) is 24.6 Å². The van der Waals surface area contributed by atoms with Crippen molar-refractivity contribution in [3.05, 3.63) is 28.3 Å². The maximum absolute atomic E-state index is 9.53. The lowest BCUT2D eigenvalue weighted by molar-refractivity contribution is 0.473. The highest BCUT2D eigenvalue weighted by atomic mass is 35.5. The van der Waals surface area contributed by atoms with Crippen LogP contribution >= 0.6 is 11.6 Å². The molecule has 2 nitrogen and oxygen atoms in total. The van der Waals surface area contributed by atoms with Gasteiger partial charge in [0, 0.05) is 0 Å². The number of hydrogen-bond donors (Lipinski definition) is 2. The molecule has 0 heterocycles. The summed E-state index contributed by atoms with van der Waals surface area (Å²) in [5.74, 6) is 0.521. The second kappa shape index (κ2) is 4.67. The maximum atomic E-state index is 9.53. The number of benzene rings is 1. The molecule has 1 aromatic carbocycles. The Balaban J connectivity index is 3.00. The zero-order chi connectivity index (χ0) is 10.7. The molecule has 0 saturated heterocycles. The minimum absolute atomic E-state index is 0.158. The van der Waals surface area contributed by atoms with E-state index < -0.39 is 0 Å². The van der Waals surface area contributed by atoms with Crippen molar-refractivity contribution >= 4 is 11.6 Å². The lowest BCUT2D eigenvalue weighted by atomic mass is 9.96. The molecule has 3 N–H and O–H groups in total. The zero-order valence-electron chi connectivity index (χ0n) is 8.55. The molecule has 0 fully saturated rings. The van der Waals surface area contributed by atoms with Crippen molar-refractivity contribution in [1.29, 1.82) is 0 Å². The summed E-state index contributed by atoms with van der Waals surface area (Å²) in [5, 5.41) is 9.97. The van der Waals surface area contributed by atoms with Crippen LogP contribution < -0.4 is 5.73 Å². The van der Waals surface area contributed by atoms with Crippen molar-refractivity contribution in [2.45, 2.75) is 26.2 Å². The van der Waals surface area contributed by atoms with Crippen LogP contribution in [-0.2, 0) is 0 Å². The maximum Gasteiger partial charge on any atom is 0.134 e. The molecule has 0 bridgehead atoms. The van der Waals surface area contributed by atoms with E-state index in [2.05, 4.69) is 6.92 Å². The van der Waals surface area contributed by atoms with E-state index in [0.29, 0.717) is 17.5 Å². The quantitative estimate of drug-likeness (QED) is 0.811. The van der Waals surface area contributed by atoms with Crippen molar-refractivity contribution in [1.82, 2.24) is 0 Å². The van der Waals surface area contributed by atoms with Crippen LogP contribution in [-0.4, -0.2) is 11.7 Å². The van der Waals surface area contributed by atoms with Crippen LogP contribution in [0.15, 0.2) is 12.1 Å². The summed E-state index contributed by atoms with van der Waals surface area (Å²) in [6, 6.07) is 3.72. The van der Waals surface area contributed by atoms with Gasteiger partial charge in [0.1, 0.15) is 5.75 Å². The molecule has 0 spiro atoms. The van der Waals surface area contributed by atoms with E-state index >= 15 is 0 Å². The molecule has 0 radical (unpaired) electrons. The molecule has 0 aromatic heterocycles. The molecule has 78 valence electrons. The first-order valence-electron chi connectivity index (χ1n) is 4.75. The summed E-state index contributed by atoms with van der Waals surface area (Å²) in [5.41, 5.74) is 7.48.